The summed E-state index contributed by atoms with van der Waals surface area (Å²) in [7, 11) is 0. The van der Waals surface area contributed by atoms with E-state index in [-0.39, 0.29) is 12.2 Å². The molecule has 2 aromatic rings. The topological polar surface area (TPSA) is 84.1 Å². The summed E-state index contributed by atoms with van der Waals surface area (Å²) in [6.07, 6.45) is 0. The van der Waals surface area contributed by atoms with Gasteiger partial charge >= 0.3 is 5.97 Å². The van der Waals surface area contributed by atoms with Crippen LogP contribution in [0, 0.1) is 12.8 Å². The van der Waals surface area contributed by atoms with Crippen LogP contribution in [0.4, 0.5) is 5.82 Å². The highest BCUT2D eigenvalue weighted by Crippen LogP contribution is 2.43. The number of nitrogens with zero attached hydrogens (tertiary/aromatic N) is 1. The molecule has 1 aliphatic rings. The van der Waals surface area contributed by atoms with Crippen LogP contribution in [-0.2, 0) is 9.53 Å². The summed E-state index contributed by atoms with van der Waals surface area (Å²) in [5.74, 6) is 0.957. The fourth-order valence-electron chi connectivity index (χ4n) is 3.17. The van der Waals surface area contributed by atoms with E-state index in [4.69, 9.17) is 4.74 Å². The molecule has 1 aliphatic heterocycles. The molecule has 0 amide bonds. The van der Waals surface area contributed by atoms with Gasteiger partial charge in [-0.3, -0.25) is 4.79 Å². The normalized spacial score (nSPS) is 16.1. The predicted molar refractivity (Wildman–Crippen MR) is 114 cm³/mol. The summed E-state index contributed by atoms with van der Waals surface area (Å²) < 4.78 is 5.29. The van der Waals surface area contributed by atoms with Gasteiger partial charge in [-0.1, -0.05) is 25.6 Å². The smallest absolute Gasteiger partial charge is 0.336 e. The van der Waals surface area contributed by atoms with Crippen molar-refractivity contribution in [3.8, 4) is 0 Å². The van der Waals surface area contributed by atoms with E-state index in [1.807, 2.05) is 25.3 Å². The number of esters is 1. The van der Waals surface area contributed by atoms with Crippen molar-refractivity contribution in [1.82, 2.24) is 9.97 Å². The lowest BCUT2D eigenvalue weighted by molar-refractivity contribution is -0.138. The first kappa shape index (κ1) is 20.7. The number of carbonyl (C=O) groups is 1. The number of allylic oxidation sites excluding steroid dienone is 1. The molecule has 150 valence electrons. The van der Waals surface area contributed by atoms with E-state index in [0.29, 0.717) is 33.7 Å². The zero-order chi connectivity index (χ0) is 20.4. The summed E-state index contributed by atoms with van der Waals surface area (Å²) in [6.45, 7) is 10.1. The Kier molecular flexibility index (Phi) is 6.30. The van der Waals surface area contributed by atoms with E-state index in [2.05, 4.69) is 29.1 Å². The molecular formula is C20H25N3O3S2. The van der Waals surface area contributed by atoms with Crippen LogP contribution in [0.25, 0.3) is 0 Å². The third-order valence-corrected chi connectivity index (χ3v) is 6.82. The number of anilines is 1. The van der Waals surface area contributed by atoms with Gasteiger partial charge in [-0.05, 0) is 43.7 Å². The maximum Gasteiger partial charge on any atom is 0.336 e. The van der Waals surface area contributed by atoms with Crippen LogP contribution in [-0.4, -0.2) is 28.3 Å². The second-order valence-electron chi connectivity index (χ2n) is 7.12. The summed E-state index contributed by atoms with van der Waals surface area (Å²) in [4.78, 5) is 34.3. The predicted octanol–water partition coefficient (Wildman–Crippen LogP) is 4.28. The average molecular weight is 420 g/mol. The molecule has 0 unspecified atom stereocenters. The lowest BCUT2D eigenvalue weighted by Gasteiger charge is -2.28. The van der Waals surface area contributed by atoms with Crippen LogP contribution < -0.4 is 10.9 Å². The molecule has 8 heteroatoms. The van der Waals surface area contributed by atoms with Crippen molar-refractivity contribution in [3.05, 3.63) is 49.1 Å². The van der Waals surface area contributed by atoms with Crippen molar-refractivity contribution in [2.45, 2.75) is 45.7 Å². The number of ether oxygens (including phenoxy) is 1. The van der Waals surface area contributed by atoms with Crippen molar-refractivity contribution in [2.24, 2.45) is 5.92 Å². The van der Waals surface area contributed by atoms with Crippen molar-refractivity contribution >= 4 is 34.9 Å². The summed E-state index contributed by atoms with van der Waals surface area (Å²) >= 11 is 3.05. The molecule has 2 N–H and O–H groups in total. The molecule has 0 bridgehead atoms. The maximum atomic E-state index is 13.1. The second-order valence-corrected chi connectivity index (χ2v) is 9.08. The molecule has 6 nitrogen and oxygen atoms in total. The minimum atomic E-state index is -0.490. The molecule has 0 saturated carbocycles. The number of thioether (sulfide) groups is 1. The molecule has 0 aliphatic carbocycles. The highest BCUT2D eigenvalue weighted by Gasteiger charge is 2.37. The van der Waals surface area contributed by atoms with E-state index in [9.17, 15) is 9.59 Å². The average Bonchev–Trinajstić information content (AvgIpc) is 3.04. The molecule has 3 rings (SSSR count). The molecule has 2 aromatic heterocycles. The number of nitrogens with one attached hydrogen (secondary N) is 2. The summed E-state index contributed by atoms with van der Waals surface area (Å²) in [5, 5.41) is 5.72. The fraction of sp³-hybridized carbons (Fsp3) is 0.450. The van der Waals surface area contributed by atoms with Gasteiger partial charge in [-0.25, -0.2) is 9.78 Å². The number of carbonyl (C=O) groups excluding carboxylic acids is 1. The Labute approximate surface area is 172 Å². The molecule has 0 spiro atoms. The number of rotatable bonds is 6. The Hall–Kier alpha value is -2.06. The SMILES string of the molecule is CCOC(=O)C1=C(C)Nc2nc(SCC(C)C)[nH]c(=O)c2[C@@H]1c1sccc1C. The van der Waals surface area contributed by atoms with Crippen LogP contribution in [0.15, 0.2) is 32.7 Å². The number of hydrogen-bond acceptors (Lipinski definition) is 7. The number of aryl methyl sites for hydroxylation is 1. The minimum absolute atomic E-state index is 0.226. The zero-order valence-electron chi connectivity index (χ0n) is 16.7. The van der Waals surface area contributed by atoms with Gasteiger partial charge in [0.15, 0.2) is 5.16 Å². The van der Waals surface area contributed by atoms with Crippen LogP contribution in [0.1, 0.15) is 49.6 Å². The highest BCUT2D eigenvalue weighted by atomic mass is 32.2. The first-order chi connectivity index (χ1) is 13.3. The standard InChI is InChI=1S/C20H25N3O3S2/c1-6-26-19(25)13-12(5)21-17-15(14(13)16-11(4)7-8-27-16)18(24)23-20(22-17)28-9-10(2)3/h7-8,10,14H,6,9H2,1-5H3,(H2,21,22,23,24)/t14-/m1/s1. The van der Waals surface area contributed by atoms with Gasteiger partial charge in [-0.2, -0.15) is 0 Å². The molecule has 0 radical (unpaired) electrons. The number of H-pyrrole nitrogens is 1. The highest BCUT2D eigenvalue weighted by molar-refractivity contribution is 7.99. The van der Waals surface area contributed by atoms with Gasteiger partial charge in [0.05, 0.1) is 23.7 Å². The first-order valence-corrected chi connectivity index (χ1v) is 11.2. The monoisotopic (exact) mass is 419 g/mol. The maximum absolute atomic E-state index is 13.1. The first-order valence-electron chi connectivity index (χ1n) is 9.29. The number of fused-ring (bicyclic) bond motifs is 1. The Balaban J connectivity index is 2.15. The van der Waals surface area contributed by atoms with Gasteiger partial charge < -0.3 is 15.0 Å². The lowest BCUT2D eigenvalue weighted by atomic mass is 9.85. The van der Waals surface area contributed by atoms with Gasteiger partial charge in [0.1, 0.15) is 5.82 Å². The van der Waals surface area contributed by atoms with Gasteiger partial charge in [-0.15, -0.1) is 11.3 Å². The summed E-state index contributed by atoms with van der Waals surface area (Å²) in [6, 6.07) is 1.99. The Morgan fingerprint density at radius 3 is 2.75 bits per heavy atom. The van der Waals surface area contributed by atoms with Crippen molar-refractivity contribution in [1.29, 1.82) is 0 Å². The minimum Gasteiger partial charge on any atom is -0.463 e. The lowest BCUT2D eigenvalue weighted by Crippen LogP contribution is -2.31. The number of aromatic amines is 1. The fourth-order valence-corrected chi connectivity index (χ4v) is 5.02. The number of hydrogen-bond donors (Lipinski definition) is 2. The van der Waals surface area contributed by atoms with E-state index in [0.717, 1.165) is 16.2 Å². The van der Waals surface area contributed by atoms with Crippen LogP contribution in [0.3, 0.4) is 0 Å². The molecule has 1 atom stereocenters. The Morgan fingerprint density at radius 2 is 2.14 bits per heavy atom. The summed E-state index contributed by atoms with van der Waals surface area (Å²) in [5.41, 5.74) is 2.41. The Morgan fingerprint density at radius 1 is 1.39 bits per heavy atom. The molecule has 3 heterocycles. The largest absolute Gasteiger partial charge is 0.463 e. The molecule has 0 fully saturated rings. The van der Waals surface area contributed by atoms with Gasteiger partial charge in [0.2, 0.25) is 0 Å². The van der Waals surface area contributed by atoms with Crippen molar-refractivity contribution in [2.75, 3.05) is 17.7 Å². The van der Waals surface area contributed by atoms with Crippen LogP contribution in [0.5, 0.6) is 0 Å². The van der Waals surface area contributed by atoms with Crippen LogP contribution >= 0.6 is 23.1 Å². The third-order valence-electron chi connectivity index (χ3n) is 4.43. The molecule has 28 heavy (non-hydrogen) atoms. The van der Waals surface area contributed by atoms with Crippen molar-refractivity contribution in [3.63, 3.8) is 0 Å². The number of thiophene rings is 1. The molecule has 0 aromatic carbocycles. The second kappa shape index (κ2) is 8.53. The molecule has 0 saturated heterocycles. The van der Waals surface area contributed by atoms with E-state index >= 15 is 0 Å². The van der Waals surface area contributed by atoms with E-state index in [1.54, 1.807) is 6.92 Å². The van der Waals surface area contributed by atoms with Crippen molar-refractivity contribution < 1.29 is 9.53 Å². The van der Waals surface area contributed by atoms with Gasteiger partial charge in [0.25, 0.3) is 5.56 Å². The van der Waals surface area contributed by atoms with E-state index in [1.165, 1.54) is 23.1 Å². The Bertz CT molecular complexity index is 975. The third kappa shape index (κ3) is 4.03. The van der Waals surface area contributed by atoms with Crippen LogP contribution in [0.2, 0.25) is 0 Å². The quantitative estimate of drug-likeness (QED) is 0.413. The number of aromatic nitrogens is 2. The van der Waals surface area contributed by atoms with Gasteiger partial charge in [0, 0.05) is 16.3 Å². The zero-order valence-corrected chi connectivity index (χ0v) is 18.3. The molecular weight excluding hydrogens is 394 g/mol. The van der Waals surface area contributed by atoms with E-state index < -0.39 is 11.9 Å².